The molecular formula is C5H4N5O2-. The van der Waals surface area contributed by atoms with Crippen LogP contribution in [-0.4, -0.2) is 19.9 Å². The molecule has 0 amide bonds. The Morgan fingerprint density at radius 1 is 1.33 bits per heavy atom. The van der Waals surface area contributed by atoms with E-state index in [2.05, 4.69) is 19.9 Å². The molecule has 7 nitrogen and oxygen atoms in total. The molecule has 0 unspecified atom stereocenters. The molecule has 0 aliphatic rings. The first-order chi connectivity index (χ1) is 5.66. The van der Waals surface area contributed by atoms with Gasteiger partial charge >= 0.3 is 5.69 Å². The van der Waals surface area contributed by atoms with Crippen LogP contribution in [0, 0.1) is 0 Å². The molecular weight excluding hydrogens is 162 g/mol. The van der Waals surface area contributed by atoms with Crippen LogP contribution in [-0.2, 0) is 0 Å². The van der Waals surface area contributed by atoms with Gasteiger partial charge in [-0.05, 0) is 0 Å². The molecule has 2 aromatic rings. The molecule has 0 aliphatic carbocycles. The number of hydrogen-bond donors (Lipinski definition) is 3. The molecule has 4 N–H and O–H groups in total. The van der Waals surface area contributed by atoms with Crippen molar-refractivity contribution in [1.82, 2.24) is 19.9 Å². The zero-order valence-electron chi connectivity index (χ0n) is 5.79. The summed E-state index contributed by atoms with van der Waals surface area (Å²) in [4.78, 5) is 22.2. The van der Waals surface area contributed by atoms with Crippen molar-refractivity contribution in [2.75, 3.05) is 5.73 Å². The highest BCUT2D eigenvalue weighted by molar-refractivity contribution is 5.75. The van der Waals surface area contributed by atoms with E-state index in [1.807, 2.05) is 0 Å². The van der Waals surface area contributed by atoms with Gasteiger partial charge in [0.15, 0.2) is 5.65 Å². The van der Waals surface area contributed by atoms with Crippen molar-refractivity contribution in [1.29, 1.82) is 0 Å². The van der Waals surface area contributed by atoms with Crippen LogP contribution in [0.1, 0.15) is 0 Å². The van der Waals surface area contributed by atoms with Crippen LogP contribution in [0.15, 0.2) is 4.79 Å². The first-order valence-electron chi connectivity index (χ1n) is 3.09. The minimum Gasteiger partial charge on any atom is -0.857 e. The third-order valence-corrected chi connectivity index (χ3v) is 1.36. The van der Waals surface area contributed by atoms with E-state index in [0.717, 1.165) is 0 Å². The number of nitrogen functional groups attached to an aromatic ring is 1. The highest BCUT2D eigenvalue weighted by Crippen LogP contribution is 2.12. The first kappa shape index (κ1) is 6.65. The molecule has 0 aliphatic heterocycles. The van der Waals surface area contributed by atoms with Gasteiger partial charge in [0.05, 0.1) is 5.52 Å². The highest BCUT2D eigenvalue weighted by atomic mass is 16.3. The number of anilines is 1. The molecule has 7 heteroatoms. The van der Waals surface area contributed by atoms with E-state index in [4.69, 9.17) is 5.73 Å². The van der Waals surface area contributed by atoms with Gasteiger partial charge < -0.3 is 15.8 Å². The summed E-state index contributed by atoms with van der Waals surface area (Å²) in [5.41, 5.74) is 4.86. The summed E-state index contributed by atoms with van der Waals surface area (Å²) in [6.45, 7) is 0. The standard InChI is InChI=1S/C5H5N5O2/c6-4-8-2-1(3(11)10-4)7-5(12)9-2/h(H5,6,7,8,9,10,11,12)/p-1. The van der Waals surface area contributed by atoms with Gasteiger partial charge in [-0.25, -0.2) is 9.78 Å². The average Bonchev–Trinajstić information content (AvgIpc) is 2.29. The predicted molar refractivity (Wildman–Crippen MR) is 38.4 cm³/mol. The Morgan fingerprint density at radius 3 is 2.83 bits per heavy atom. The summed E-state index contributed by atoms with van der Waals surface area (Å²) in [6, 6.07) is 0. The maximum atomic E-state index is 11.0. The van der Waals surface area contributed by atoms with Crippen LogP contribution >= 0.6 is 0 Å². The van der Waals surface area contributed by atoms with E-state index < -0.39 is 11.6 Å². The van der Waals surface area contributed by atoms with Gasteiger partial charge in [-0.1, -0.05) is 0 Å². The summed E-state index contributed by atoms with van der Waals surface area (Å²) in [6.07, 6.45) is 0. The number of hydrogen-bond acceptors (Lipinski definition) is 5. The van der Waals surface area contributed by atoms with Crippen LogP contribution < -0.4 is 16.5 Å². The van der Waals surface area contributed by atoms with E-state index in [1.54, 1.807) is 0 Å². The summed E-state index contributed by atoms with van der Waals surface area (Å²) < 4.78 is 0. The van der Waals surface area contributed by atoms with Crippen LogP contribution in [0.3, 0.4) is 0 Å². The second kappa shape index (κ2) is 1.97. The molecule has 12 heavy (non-hydrogen) atoms. The van der Waals surface area contributed by atoms with Crippen molar-refractivity contribution < 1.29 is 5.11 Å². The number of nitrogens with zero attached hydrogens (tertiary/aromatic N) is 2. The maximum absolute atomic E-state index is 11.0. The molecule has 2 rings (SSSR count). The van der Waals surface area contributed by atoms with E-state index in [0.29, 0.717) is 0 Å². The third kappa shape index (κ3) is 0.797. The van der Waals surface area contributed by atoms with Crippen LogP contribution in [0.2, 0.25) is 0 Å². The number of aromatic nitrogens is 4. The molecule has 0 atom stereocenters. The number of rotatable bonds is 0. The number of aromatic amines is 2. The van der Waals surface area contributed by atoms with Crippen molar-refractivity contribution in [3.8, 4) is 5.88 Å². The Kier molecular flexibility index (Phi) is 1.09. The molecule has 0 saturated heterocycles. The molecule has 0 fully saturated rings. The minimum absolute atomic E-state index is 0.0502. The second-order valence-electron chi connectivity index (χ2n) is 2.19. The molecule has 0 saturated carbocycles. The van der Waals surface area contributed by atoms with E-state index in [1.165, 1.54) is 0 Å². The molecule has 2 aromatic heterocycles. The summed E-state index contributed by atoms with van der Waals surface area (Å²) in [7, 11) is 0. The van der Waals surface area contributed by atoms with Crippen LogP contribution in [0.5, 0.6) is 5.88 Å². The lowest BCUT2D eigenvalue weighted by Gasteiger charge is -2.03. The number of nitrogens with one attached hydrogen (secondary N) is 2. The normalized spacial score (nSPS) is 10.7. The summed E-state index contributed by atoms with van der Waals surface area (Å²) in [5.74, 6) is -0.737. The quantitative estimate of drug-likeness (QED) is 0.430. The Labute approximate surface area is 65.3 Å². The molecule has 0 radical (unpaired) electrons. The summed E-state index contributed by atoms with van der Waals surface area (Å²) in [5, 5.41) is 11.0. The fourth-order valence-electron chi connectivity index (χ4n) is 0.912. The Hall–Kier alpha value is -2.05. The highest BCUT2D eigenvalue weighted by Gasteiger charge is 2.01. The second-order valence-corrected chi connectivity index (χ2v) is 2.19. The third-order valence-electron chi connectivity index (χ3n) is 1.36. The number of fused-ring (bicyclic) bond motifs is 1. The van der Waals surface area contributed by atoms with Gasteiger partial charge in [0.25, 0.3) is 0 Å². The zero-order chi connectivity index (χ0) is 8.72. The average molecular weight is 166 g/mol. The molecule has 62 valence electrons. The largest absolute Gasteiger partial charge is 0.857 e. The fourth-order valence-corrected chi connectivity index (χ4v) is 0.912. The predicted octanol–water partition coefficient (Wildman–Crippen LogP) is -1.70. The van der Waals surface area contributed by atoms with Gasteiger partial charge in [0.2, 0.25) is 5.95 Å². The van der Waals surface area contributed by atoms with Gasteiger partial charge in [0, 0.05) is 5.88 Å². The fraction of sp³-hybridized carbons (Fsp3) is 0. The number of nitrogens with two attached hydrogens (primary N) is 1. The molecule has 0 aromatic carbocycles. The lowest BCUT2D eigenvalue weighted by atomic mass is 10.5. The molecule has 0 bridgehead atoms. The SMILES string of the molecule is Nc1nc([O-])c2[nH]c(=O)[nH]c2n1. The monoisotopic (exact) mass is 166 g/mol. The summed E-state index contributed by atoms with van der Waals surface area (Å²) >= 11 is 0. The van der Waals surface area contributed by atoms with E-state index >= 15 is 0 Å². The van der Waals surface area contributed by atoms with Gasteiger partial charge in [-0.15, -0.1) is 0 Å². The Bertz CT molecular complexity index is 484. The minimum atomic E-state index is -0.587. The lowest BCUT2D eigenvalue weighted by molar-refractivity contribution is -0.272. The smallest absolute Gasteiger partial charge is 0.325 e. The van der Waals surface area contributed by atoms with E-state index in [-0.39, 0.29) is 17.1 Å². The van der Waals surface area contributed by atoms with Crippen molar-refractivity contribution >= 4 is 17.1 Å². The van der Waals surface area contributed by atoms with Gasteiger partial charge in [-0.2, -0.15) is 4.98 Å². The van der Waals surface area contributed by atoms with Gasteiger partial charge in [0.1, 0.15) is 0 Å². The van der Waals surface area contributed by atoms with Crippen molar-refractivity contribution in [3.63, 3.8) is 0 Å². The van der Waals surface area contributed by atoms with Crippen molar-refractivity contribution in [2.24, 2.45) is 0 Å². The lowest BCUT2D eigenvalue weighted by Crippen LogP contribution is -2.01. The molecule has 2 heterocycles. The van der Waals surface area contributed by atoms with Gasteiger partial charge in [-0.3, -0.25) is 4.98 Å². The zero-order valence-corrected chi connectivity index (χ0v) is 5.79. The Morgan fingerprint density at radius 2 is 2.08 bits per heavy atom. The topological polar surface area (TPSA) is 124 Å². The maximum Gasteiger partial charge on any atom is 0.325 e. The number of H-pyrrole nitrogens is 2. The van der Waals surface area contributed by atoms with Crippen molar-refractivity contribution in [2.45, 2.75) is 0 Å². The van der Waals surface area contributed by atoms with Crippen molar-refractivity contribution in [3.05, 3.63) is 10.5 Å². The van der Waals surface area contributed by atoms with Crippen LogP contribution in [0.4, 0.5) is 5.95 Å². The van der Waals surface area contributed by atoms with E-state index in [9.17, 15) is 9.90 Å². The van der Waals surface area contributed by atoms with Crippen LogP contribution in [0.25, 0.3) is 11.2 Å². The first-order valence-corrected chi connectivity index (χ1v) is 3.09. The Balaban J connectivity index is 2.97. The number of imidazole rings is 1. The molecule has 0 spiro atoms.